The van der Waals surface area contributed by atoms with Gasteiger partial charge in [0.05, 0.1) is 6.54 Å². The van der Waals surface area contributed by atoms with Crippen LogP contribution in [0.4, 0.5) is 0 Å². The number of fused-ring (bicyclic) bond motifs is 1. The van der Waals surface area contributed by atoms with Crippen LogP contribution in [0.15, 0.2) is 42.5 Å². The van der Waals surface area contributed by atoms with Crippen molar-refractivity contribution in [2.24, 2.45) is 0 Å². The minimum Gasteiger partial charge on any atom is -0.504 e. The maximum Gasteiger partial charge on any atom is 0.254 e. The van der Waals surface area contributed by atoms with E-state index in [0.29, 0.717) is 25.3 Å². The fourth-order valence-corrected chi connectivity index (χ4v) is 2.34. The molecule has 0 unspecified atom stereocenters. The molecule has 1 heterocycles. The highest BCUT2D eigenvalue weighted by molar-refractivity contribution is 5.95. The van der Waals surface area contributed by atoms with Crippen LogP contribution in [0.2, 0.25) is 0 Å². The highest BCUT2D eigenvalue weighted by Gasteiger charge is 2.21. The Kier molecular flexibility index (Phi) is 3.39. The van der Waals surface area contributed by atoms with Crippen LogP contribution in [0.25, 0.3) is 0 Å². The van der Waals surface area contributed by atoms with Crippen molar-refractivity contribution in [3.63, 3.8) is 0 Å². The minimum atomic E-state index is -0.299. The number of hydrogen-bond donors (Lipinski definition) is 2. The quantitative estimate of drug-likeness (QED) is 0.788. The molecule has 0 fully saturated rings. The van der Waals surface area contributed by atoms with Crippen molar-refractivity contribution >= 4 is 5.91 Å². The summed E-state index contributed by atoms with van der Waals surface area (Å²) in [4.78, 5) is 14.2. The Balaban J connectivity index is 1.86. The molecule has 2 aromatic rings. The van der Waals surface area contributed by atoms with Crippen LogP contribution in [0, 0.1) is 0 Å². The number of amides is 1. The largest absolute Gasteiger partial charge is 0.504 e. The van der Waals surface area contributed by atoms with Crippen molar-refractivity contribution in [1.82, 2.24) is 4.90 Å². The van der Waals surface area contributed by atoms with E-state index in [1.807, 2.05) is 24.3 Å². The molecule has 5 heteroatoms. The van der Waals surface area contributed by atoms with Crippen LogP contribution in [0.1, 0.15) is 15.9 Å². The number of carbonyl (C=O) groups excluding carboxylic acids is 1. The van der Waals surface area contributed by atoms with E-state index >= 15 is 0 Å². The Morgan fingerprint density at radius 3 is 2.71 bits per heavy atom. The Morgan fingerprint density at radius 1 is 1.10 bits per heavy atom. The van der Waals surface area contributed by atoms with Gasteiger partial charge in [-0.3, -0.25) is 4.79 Å². The van der Waals surface area contributed by atoms with E-state index in [-0.39, 0.29) is 17.4 Å². The monoisotopic (exact) mass is 285 g/mol. The average molecular weight is 285 g/mol. The second-order valence-corrected chi connectivity index (χ2v) is 4.89. The smallest absolute Gasteiger partial charge is 0.254 e. The van der Waals surface area contributed by atoms with Crippen LogP contribution >= 0.6 is 0 Å². The Hall–Kier alpha value is -2.69. The molecule has 0 bridgehead atoms. The lowest BCUT2D eigenvalue weighted by Gasteiger charge is -2.20. The molecular weight excluding hydrogens is 270 g/mol. The number of ether oxygens (including phenoxy) is 1. The summed E-state index contributed by atoms with van der Waals surface area (Å²) in [5, 5.41) is 18.8. The second-order valence-electron chi connectivity index (χ2n) is 4.89. The Bertz CT molecular complexity index is 684. The molecule has 1 aliphatic heterocycles. The highest BCUT2D eigenvalue weighted by atomic mass is 16.5. The average Bonchev–Trinajstić information content (AvgIpc) is 2.71. The predicted molar refractivity (Wildman–Crippen MR) is 76.4 cm³/mol. The lowest BCUT2D eigenvalue weighted by atomic mass is 10.1. The number of aromatic hydroxyl groups is 2. The summed E-state index contributed by atoms with van der Waals surface area (Å²) in [6.45, 7) is 1.35. The summed E-state index contributed by atoms with van der Waals surface area (Å²) in [6, 6.07) is 11.7. The van der Waals surface area contributed by atoms with E-state index in [0.717, 1.165) is 11.3 Å². The number of carbonyl (C=O) groups is 1. The van der Waals surface area contributed by atoms with Crippen LogP contribution in [0.3, 0.4) is 0 Å². The number of nitrogens with zero attached hydrogens (tertiary/aromatic N) is 1. The van der Waals surface area contributed by atoms with Gasteiger partial charge in [-0.05, 0) is 24.3 Å². The molecular formula is C16H15NO4. The first-order valence-corrected chi connectivity index (χ1v) is 6.67. The van der Waals surface area contributed by atoms with E-state index in [1.165, 1.54) is 18.2 Å². The van der Waals surface area contributed by atoms with Gasteiger partial charge in [0.25, 0.3) is 5.91 Å². The van der Waals surface area contributed by atoms with Crippen molar-refractivity contribution in [3.05, 3.63) is 53.6 Å². The molecule has 3 rings (SSSR count). The van der Waals surface area contributed by atoms with Gasteiger partial charge in [0.2, 0.25) is 0 Å². The van der Waals surface area contributed by atoms with Crippen LogP contribution in [0.5, 0.6) is 17.2 Å². The topological polar surface area (TPSA) is 70.0 Å². The van der Waals surface area contributed by atoms with Gasteiger partial charge in [0, 0.05) is 17.7 Å². The number of hydrogen-bond acceptors (Lipinski definition) is 4. The van der Waals surface area contributed by atoms with Gasteiger partial charge < -0.3 is 19.8 Å². The van der Waals surface area contributed by atoms with Gasteiger partial charge in [-0.25, -0.2) is 0 Å². The molecule has 0 radical (unpaired) electrons. The van der Waals surface area contributed by atoms with Crippen molar-refractivity contribution in [2.45, 2.75) is 6.54 Å². The molecule has 1 amide bonds. The van der Waals surface area contributed by atoms with E-state index in [2.05, 4.69) is 0 Å². The summed E-state index contributed by atoms with van der Waals surface area (Å²) in [5.74, 6) is 0.0513. The number of phenolic OH excluding ortho intramolecular Hbond substituents is 2. The van der Waals surface area contributed by atoms with Crippen LogP contribution < -0.4 is 4.74 Å². The zero-order chi connectivity index (χ0) is 14.8. The highest BCUT2D eigenvalue weighted by Crippen LogP contribution is 2.27. The standard InChI is InChI=1S/C16H15NO4/c18-13-6-5-11(9-14(13)19)16(20)17-7-8-21-15-4-2-1-3-12(15)10-17/h1-6,9,18-19H,7-8,10H2. The van der Waals surface area contributed by atoms with E-state index < -0.39 is 0 Å². The fourth-order valence-electron chi connectivity index (χ4n) is 2.34. The number of rotatable bonds is 1. The van der Waals surface area contributed by atoms with Crippen molar-refractivity contribution < 1.29 is 19.7 Å². The molecule has 0 spiro atoms. The maximum atomic E-state index is 12.5. The minimum absolute atomic E-state index is 0.203. The summed E-state index contributed by atoms with van der Waals surface area (Å²) in [5.41, 5.74) is 1.29. The fraction of sp³-hybridized carbons (Fsp3) is 0.188. The molecule has 0 saturated carbocycles. The molecule has 0 saturated heterocycles. The zero-order valence-electron chi connectivity index (χ0n) is 11.3. The third-order valence-electron chi connectivity index (χ3n) is 3.46. The van der Waals surface area contributed by atoms with Crippen molar-refractivity contribution in [2.75, 3.05) is 13.2 Å². The number of phenols is 2. The number of para-hydroxylation sites is 1. The molecule has 21 heavy (non-hydrogen) atoms. The van der Waals surface area contributed by atoms with Crippen molar-refractivity contribution in [3.8, 4) is 17.2 Å². The second kappa shape index (κ2) is 5.36. The van der Waals surface area contributed by atoms with Gasteiger partial charge in [0.1, 0.15) is 12.4 Å². The lowest BCUT2D eigenvalue weighted by molar-refractivity contribution is 0.0733. The van der Waals surface area contributed by atoms with Crippen molar-refractivity contribution in [1.29, 1.82) is 0 Å². The molecule has 2 aromatic carbocycles. The number of benzene rings is 2. The molecule has 1 aliphatic rings. The van der Waals surface area contributed by atoms with Gasteiger partial charge >= 0.3 is 0 Å². The van der Waals surface area contributed by atoms with Gasteiger partial charge in [-0.15, -0.1) is 0 Å². The molecule has 0 aliphatic carbocycles. The lowest BCUT2D eigenvalue weighted by Crippen LogP contribution is -2.32. The first-order chi connectivity index (χ1) is 10.1. The Morgan fingerprint density at radius 2 is 1.90 bits per heavy atom. The SMILES string of the molecule is O=C(c1ccc(O)c(O)c1)N1CCOc2ccccc2C1. The van der Waals surface area contributed by atoms with Gasteiger partial charge in [0.15, 0.2) is 11.5 Å². The zero-order valence-corrected chi connectivity index (χ0v) is 11.3. The van der Waals surface area contributed by atoms with Gasteiger partial charge in [-0.2, -0.15) is 0 Å². The summed E-state index contributed by atoms with van der Waals surface area (Å²) in [6.07, 6.45) is 0. The third-order valence-corrected chi connectivity index (χ3v) is 3.46. The first kappa shape index (κ1) is 13.3. The van der Waals surface area contributed by atoms with E-state index in [9.17, 15) is 15.0 Å². The molecule has 0 atom stereocenters. The Labute approximate surface area is 122 Å². The maximum absolute atomic E-state index is 12.5. The predicted octanol–water partition coefficient (Wildman–Crippen LogP) is 2.13. The molecule has 5 nitrogen and oxygen atoms in total. The summed E-state index contributed by atoms with van der Waals surface area (Å²) >= 11 is 0. The van der Waals surface area contributed by atoms with Gasteiger partial charge in [-0.1, -0.05) is 18.2 Å². The summed E-state index contributed by atoms with van der Waals surface area (Å²) < 4.78 is 5.62. The molecule has 0 aromatic heterocycles. The third kappa shape index (κ3) is 2.63. The normalized spacial score (nSPS) is 14.0. The van der Waals surface area contributed by atoms with Crippen LogP contribution in [-0.4, -0.2) is 34.2 Å². The summed E-state index contributed by atoms with van der Waals surface area (Å²) in [7, 11) is 0. The molecule has 2 N–H and O–H groups in total. The van der Waals surface area contributed by atoms with Crippen LogP contribution in [-0.2, 0) is 6.54 Å². The first-order valence-electron chi connectivity index (χ1n) is 6.67. The van der Waals surface area contributed by atoms with E-state index in [4.69, 9.17) is 4.74 Å². The molecule has 108 valence electrons. The van der Waals surface area contributed by atoms with E-state index in [1.54, 1.807) is 4.90 Å².